The molecule has 3 aromatic rings. The van der Waals surface area contributed by atoms with Gasteiger partial charge in [0, 0.05) is 0 Å². The van der Waals surface area contributed by atoms with E-state index in [9.17, 15) is 18.0 Å². The van der Waals surface area contributed by atoms with Gasteiger partial charge in [-0.25, -0.2) is 0 Å². The molecule has 128 valence electrons. The van der Waals surface area contributed by atoms with Crippen LogP contribution in [0.2, 0.25) is 0 Å². The fraction of sp³-hybridized carbons (Fsp3) is 0.150. The van der Waals surface area contributed by atoms with Crippen LogP contribution in [-0.2, 0) is 6.18 Å². The lowest BCUT2D eigenvalue weighted by Crippen LogP contribution is -2.29. The van der Waals surface area contributed by atoms with E-state index >= 15 is 0 Å². The van der Waals surface area contributed by atoms with Gasteiger partial charge >= 0.3 is 6.18 Å². The predicted octanol–water partition coefficient (Wildman–Crippen LogP) is 5.35. The van der Waals surface area contributed by atoms with Gasteiger partial charge in [-0.1, -0.05) is 54.6 Å². The van der Waals surface area contributed by atoms with Crippen molar-refractivity contribution in [1.29, 1.82) is 0 Å². The summed E-state index contributed by atoms with van der Waals surface area (Å²) in [5, 5.41) is 4.65. The first-order valence-corrected chi connectivity index (χ1v) is 7.82. The van der Waals surface area contributed by atoms with Crippen molar-refractivity contribution in [2.24, 2.45) is 0 Å². The molecule has 3 rings (SSSR count). The summed E-state index contributed by atoms with van der Waals surface area (Å²) < 4.78 is 39.3. The molecular weight excluding hydrogens is 327 g/mol. The Kier molecular flexibility index (Phi) is 4.49. The van der Waals surface area contributed by atoms with Gasteiger partial charge < -0.3 is 5.32 Å². The van der Waals surface area contributed by atoms with E-state index in [2.05, 4.69) is 5.32 Å². The van der Waals surface area contributed by atoms with Crippen molar-refractivity contribution in [3.63, 3.8) is 0 Å². The topological polar surface area (TPSA) is 29.1 Å². The number of alkyl halides is 3. The molecule has 0 bridgehead atoms. The molecule has 3 aromatic carbocycles. The summed E-state index contributed by atoms with van der Waals surface area (Å²) in [7, 11) is 0. The standard InChI is InChI=1S/C20H16F3NO/c1-13(15-11-6-8-14-7-2-3-9-16(14)15)24-19(25)17-10-4-5-12-18(17)20(21,22)23/h2-13H,1H3,(H,24,25)/t13-/m0/s1. The molecule has 0 fully saturated rings. The van der Waals surface area contributed by atoms with Crippen LogP contribution < -0.4 is 5.32 Å². The molecule has 0 heterocycles. The van der Waals surface area contributed by atoms with Crippen LogP contribution in [0.1, 0.15) is 34.5 Å². The van der Waals surface area contributed by atoms with Crippen LogP contribution in [0.4, 0.5) is 13.2 Å². The number of hydrogen-bond acceptors (Lipinski definition) is 1. The minimum absolute atomic E-state index is 0.373. The van der Waals surface area contributed by atoms with Crippen molar-refractivity contribution < 1.29 is 18.0 Å². The fourth-order valence-electron chi connectivity index (χ4n) is 2.91. The summed E-state index contributed by atoms with van der Waals surface area (Å²) in [6.45, 7) is 1.76. The molecule has 0 saturated heterocycles. The summed E-state index contributed by atoms with van der Waals surface area (Å²) in [6, 6.07) is 17.7. The third-order valence-electron chi connectivity index (χ3n) is 4.11. The van der Waals surface area contributed by atoms with Crippen LogP contribution in [0.3, 0.4) is 0 Å². The van der Waals surface area contributed by atoms with Crippen molar-refractivity contribution >= 4 is 16.7 Å². The van der Waals surface area contributed by atoms with E-state index in [1.165, 1.54) is 18.2 Å². The van der Waals surface area contributed by atoms with Crippen LogP contribution in [0, 0.1) is 0 Å². The maximum atomic E-state index is 13.1. The fourth-order valence-corrected chi connectivity index (χ4v) is 2.91. The number of carbonyl (C=O) groups is 1. The van der Waals surface area contributed by atoms with Crippen molar-refractivity contribution in [3.8, 4) is 0 Å². The van der Waals surface area contributed by atoms with Gasteiger partial charge in [-0.15, -0.1) is 0 Å². The van der Waals surface area contributed by atoms with Gasteiger partial charge in [-0.3, -0.25) is 4.79 Å². The molecule has 0 aliphatic heterocycles. The molecule has 0 aromatic heterocycles. The van der Waals surface area contributed by atoms with E-state index < -0.39 is 23.7 Å². The zero-order chi connectivity index (χ0) is 18.0. The van der Waals surface area contributed by atoms with Gasteiger partial charge in [0.2, 0.25) is 0 Å². The first kappa shape index (κ1) is 17.0. The first-order valence-electron chi connectivity index (χ1n) is 7.82. The highest BCUT2D eigenvalue weighted by Gasteiger charge is 2.35. The summed E-state index contributed by atoms with van der Waals surface area (Å²) in [5.74, 6) is -0.742. The Morgan fingerprint density at radius 1 is 0.920 bits per heavy atom. The highest BCUT2D eigenvalue weighted by molar-refractivity contribution is 5.96. The zero-order valence-electron chi connectivity index (χ0n) is 13.5. The van der Waals surface area contributed by atoms with Crippen LogP contribution in [-0.4, -0.2) is 5.91 Å². The highest BCUT2D eigenvalue weighted by atomic mass is 19.4. The smallest absolute Gasteiger partial charge is 0.345 e. The number of fused-ring (bicyclic) bond motifs is 1. The monoisotopic (exact) mass is 343 g/mol. The van der Waals surface area contributed by atoms with Crippen molar-refractivity contribution in [2.75, 3.05) is 0 Å². The van der Waals surface area contributed by atoms with E-state index in [0.717, 1.165) is 22.4 Å². The SMILES string of the molecule is C[C@H](NC(=O)c1ccccc1C(F)(F)F)c1cccc2ccccc12. The summed E-state index contributed by atoms with van der Waals surface area (Å²) in [4.78, 5) is 12.4. The molecule has 1 amide bonds. The Bertz CT molecular complexity index is 913. The van der Waals surface area contributed by atoms with Gasteiger partial charge in [0.25, 0.3) is 5.91 Å². The number of amides is 1. The van der Waals surface area contributed by atoms with Gasteiger partial charge in [0.15, 0.2) is 0 Å². The van der Waals surface area contributed by atoms with Crippen molar-refractivity contribution in [1.82, 2.24) is 5.32 Å². The number of nitrogens with one attached hydrogen (secondary N) is 1. The van der Waals surface area contributed by atoms with Crippen LogP contribution >= 0.6 is 0 Å². The number of hydrogen-bond donors (Lipinski definition) is 1. The predicted molar refractivity (Wildman–Crippen MR) is 91.3 cm³/mol. The average Bonchev–Trinajstić information content (AvgIpc) is 2.60. The van der Waals surface area contributed by atoms with Crippen LogP contribution in [0.5, 0.6) is 0 Å². The first-order chi connectivity index (χ1) is 11.9. The average molecular weight is 343 g/mol. The molecular formula is C20H16F3NO. The summed E-state index contributed by atoms with van der Waals surface area (Å²) in [5.41, 5.74) is -0.448. The summed E-state index contributed by atoms with van der Waals surface area (Å²) >= 11 is 0. The molecule has 0 spiro atoms. The van der Waals surface area contributed by atoms with Gasteiger partial charge in [0.1, 0.15) is 0 Å². The largest absolute Gasteiger partial charge is 0.417 e. The lowest BCUT2D eigenvalue weighted by molar-refractivity contribution is -0.137. The van der Waals surface area contributed by atoms with E-state index in [1.54, 1.807) is 6.92 Å². The molecule has 0 aliphatic rings. The highest BCUT2D eigenvalue weighted by Crippen LogP contribution is 2.32. The second-order valence-corrected chi connectivity index (χ2v) is 5.81. The minimum Gasteiger partial charge on any atom is -0.345 e. The Labute approximate surface area is 143 Å². The number of rotatable bonds is 3. The van der Waals surface area contributed by atoms with E-state index in [-0.39, 0.29) is 5.56 Å². The van der Waals surface area contributed by atoms with E-state index in [0.29, 0.717) is 0 Å². The van der Waals surface area contributed by atoms with Gasteiger partial charge in [-0.05, 0) is 35.4 Å². The minimum atomic E-state index is -4.57. The van der Waals surface area contributed by atoms with Crippen LogP contribution in [0.15, 0.2) is 66.7 Å². The third-order valence-corrected chi connectivity index (χ3v) is 4.11. The number of carbonyl (C=O) groups excluding carboxylic acids is 1. The maximum absolute atomic E-state index is 13.1. The molecule has 0 saturated carbocycles. The Morgan fingerprint density at radius 2 is 1.56 bits per heavy atom. The Hall–Kier alpha value is -2.82. The lowest BCUT2D eigenvalue weighted by atomic mass is 9.99. The molecule has 5 heteroatoms. The maximum Gasteiger partial charge on any atom is 0.417 e. The molecule has 1 atom stereocenters. The van der Waals surface area contributed by atoms with Crippen molar-refractivity contribution in [3.05, 3.63) is 83.4 Å². The molecule has 0 aliphatic carbocycles. The van der Waals surface area contributed by atoms with Crippen molar-refractivity contribution in [2.45, 2.75) is 19.1 Å². The number of benzene rings is 3. The summed E-state index contributed by atoms with van der Waals surface area (Å²) in [6.07, 6.45) is -4.57. The van der Waals surface area contributed by atoms with Crippen LogP contribution in [0.25, 0.3) is 10.8 Å². The lowest BCUT2D eigenvalue weighted by Gasteiger charge is -2.18. The second kappa shape index (κ2) is 6.59. The van der Waals surface area contributed by atoms with Gasteiger partial charge in [0.05, 0.1) is 17.2 Å². The van der Waals surface area contributed by atoms with E-state index in [1.807, 2.05) is 42.5 Å². The quantitative estimate of drug-likeness (QED) is 0.682. The molecule has 2 nitrogen and oxygen atoms in total. The molecule has 25 heavy (non-hydrogen) atoms. The second-order valence-electron chi connectivity index (χ2n) is 5.81. The van der Waals surface area contributed by atoms with E-state index in [4.69, 9.17) is 0 Å². The Morgan fingerprint density at radius 3 is 2.32 bits per heavy atom. The molecule has 1 N–H and O–H groups in total. The molecule has 0 unspecified atom stereocenters. The third kappa shape index (κ3) is 3.50. The van der Waals surface area contributed by atoms with Gasteiger partial charge in [-0.2, -0.15) is 13.2 Å². The normalized spacial score (nSPS) is 12.8. The number of halogens is 3. The zero-order valence-corrected chi connectivity index (χ0v) is 13.5. The Balaban J connectivity index is 1.91. The molecule has 0 radical (unpaired) electrons.